The van der Waals surface area contributed by atoms with E-state index in [4.69, 9.17) is 5.26 Å². The minimum atomic E-state index is -0.283. The average molecular weight is 202 g/mol. The molecule has 1 N–H and O–H groups in total. The lowest BCUT2D eigenvalue weighted by Crippen LogP contribution is -2.00. The highest BCUT2D eigenvalue weighted by atomic mass is 19.1. The number of hydrogen-bond donors (Lipinski definition) is 1. The summed E-state index contributed by atoms with van der Waals surface area (Å²) in [5, 5.41) is 11.8. The number of benzene rings is 1. The summed E-state index contributed by atoms with van der Waals surface area (Å²) in [5.74, 6) is -0.283. The molecule has 15 heavy (non-hydrogen) atoms. The molecule has 1 aromatic carbocycles. The molecule has 0 unspecified atom stereocenters. The van der Waals surface area contributed by atoms with Gasteiger partial charge in [-0.3, -0.25) is 0 Å². The number of para-hydroxylation sites is 1. The molecule has 0 bridgehead atoms. The molecule has 1 aliphatic carbocycles. The van der Waals surface area contributed by atoms with Crippen molar-refractivity contribution in [2.45, 2.75) is 19.3 Å². The molecule has 0 aliphatic heterocycles. The first-order chi connectivity index (χ1) is 7.31. The number of nitriles is 1. The van der Waals surface area contributed by atoms with Crippen molar-refractivity contribution < 1.29 is 4.39 Å². The first-order valence-corrected chi connectivity index (χ1v) is 4.95. The van der Waals surface area contributed by atoms with Crippen molar-refractivity contribution in [3.8, 4) is 6.07 Å². The fraction of sp³-hybridized carbons (Fsp3) is 0.250. The molecule has 0 radical (unpaired) electrons. The van der Waals surface area contributed by atoms with Crippen molar-refractivity contribution in [1.29, 1.82) is 5.26 Å². The number of nitrogens with one attached hydrogen (secondary N) is 1. The van der Waals surface area contributed by atoms with Crippen molar-refractivity contribution in [3.63, 3.8) is 0 Å². The zero-order valence-electron chi connectivity index (χ0n) is 8.26. The molecule has 76 valence electrons. The number of anilines is 1. The number of hydrogen-bond acceptors (Lipinski definition) is 2. The normalized spacial score (nSPS) is 15.2. The van der Waals surface area contributed by atoms with Crippen molar-refractivity contribution >= 4 is 5.69 Å². The maximum Gasteiger partial charge on any atom is 0.146 e. The third-order valence-corrected chi connectivity index (χ3v) is 2.51. The molecule has 1 aliphatic rings. The Hall–Kier alpha value is -1.82. The van der Waals surface area contributed by atoms with E-state index in [1.54, 1.807) is 18.2 Å². The molecule has 3 heteroatoms. The van der Waals surface area contributed by atoms with Crippen LogP contribution in [0.1, 0.15) is 19.3 Å². The van der Waals surface area contributed by atoms with Crippen LogP contribution in [-0.2, 0) is 0 Å². The van der Waals surface area contributed by atoms with Crippen LogP contribution in [-0.4, -0.2) is 0 Å². The summed E-state index contributed by atoms with van der Waals surface area (Å²) in [5.41, 5.74) is 2.06. The highest BCUT2D eigenvalue weighted by molar-refractivity contribution is 5.52. The van der Waals surface area contributed by atoms with Gasteiger partial charge in [-0.2, -0.15) is 5.26 Å². The maximum absolute atomic E-state index is 13.3. The standard InChI is InChI=1S/C12H11FN2/c13-10-5-1-2-6-12(10)15-11-7-3-4-9(11)8-14/h1-2,5-6,15H,3-4,7H2. The summed E-state index contributed by atoms with van der Waals surface area (Å²) in [7, 11) is 0. The monoisotopic (exact) mass is 202 g/mol. The van der Waals surface area contributed by atoms with Gasteiger partial charge in [0, 0.05) is 11.3 Å². The smallest absolute Gasteiger partial charge is 0.146 e. The van der Waals surface area contributed by atoms with Crippen LogP contribution >= 0.6 is 0 Å². The summed E-state index contributed by atoms with van der Waals surface area (Å²) < 4.78 is 13.3. The first-order valence-electron chi connectivity index (χ1n) is 4.95. The van der Waals surface area contributed by atoms with E-state index in [2.05, 4.69) is 11.4 Å². The predicted molar refractivity (Wildman–Crippen MR) is 56.5 cm³/mol. The van der Waals surface area contributed by atoms with Crippen LogP contribution in [0.4, 0.5) is 10.1 Å². The van der Waals surface area contributed by atoms with E-state index in [9.17, 15) is 4.39 Å². The van der Waals surface area contributed by atoms with Gasteiger partial charge >= 0.3 is 0 Å². The van der Waals surface area contributed by atoms with E-state index in [-0.39, 0.29) is 5.82 Å². The fourth-order valence-electron chi connectivity index (χ4n) is 1.73. The molecule has 0 heterocycles. The van der Waals surface area contributed by atoms with Crippen LogP contribution in [0.2, 0.25) is 0 Å². The van der Waals surface area contributed by atoms with Gasteiger partial charge in [0.05, 0.1) is 11.8 Å². The van der Waals surface area contributed by atoms with Crippen LogP contribution in [0.3, 0.4) is 0 Å². The molecule has 0 spiro atoms. The van der Waals surface area contributed by atoms with Crippen LogP contribution in [0.5, 0.6) is 0 Å². The lowest BCUT2D eigenvalue weighted by Gasteiger charge is -2.08. The summed E-state index contributed by atoms with van der Waals surface area (Å²) in [6, 6.07) is 8.65. The Bertz CT molecular complexity index is 443. The van der Waals surface area contributed by atoms with Gasteiger partial charge in [-0.1, -0.05) is 12.1 Å². The minimum absolute atomic E-state index is 0.283. The van der Waals surface area contributed by atoms with E-state index in [0.717, 1.165) is 30.5 Å². The van der Waals surface area contributed by atoms with Gasteiger partial charge in [-0.25, -0.2) is 4.39 Å². The largest absolute Gasteiger partial charge is 0.356 e. The molecular formula is C12H11FN2. The average Bonchev–Trinajstić information content (AvgIpc) is 2.69. The van der Waals surface area contributed by atoms with E-state index in [1.807, 2.05) is 0 Å². The van der Waals surface area contributed by atoms with Gasteiger partial charge in [-0.15, -0.1) is 0 Å². The van der Waals surface area contributed by atoms with E-state index in [0.29, 0.717) is 5.69 Å². The summed E-state index contributed by atoms with van der Waals surface area (Å²) in [6.07, 6.45) is 2.60. The molecule has 0 fully saturated rings. The molecule has 0 saturated heterocycles. The van der Waals surface area contributed by atoms with Gasteiger partial charge in [0.25, 0.3) is 0 Å². The molecule has 0 atom stereocenters. The molecule has 0 amide bonds. The van der Waals surface area contributed by atoms with Crippen LogP contribution < -0.4 is 5.32 Å². The molecular weight excluding hydrogens is 191 g/mol. The summed E-state index contributed by atoms with van der Waals surface area (Å²) >= 11 is 0. The molecule has 1 aromatic rings. The Morgan fingerprint density at radius 1 is 1.27 bits per heavy atom. The molecule has 2 nitrogen and oxygen atoms in total. The summed E-state index contributed by atoms with van der Waals surface area (Å²) in [6.45, 7) is 0. The SMILES string of the molecule is N#CC1=C(Nc2ccccc2F)CCC1. The second-order valence-corrected chi connectivity index (χ2v) is 3.53. The Labute approximate surface area is 88.0 Å². The quantitative estimate of drug-likeness (QED) is 0.799. The van der Waals surface area contributed by atoms with Crippen LogP contribution in [0, 0.1) is 17.1 Å². The Morgan fingerprint density at radius 2 is 2.07 bits per heavy atom. The highest BCUT2D eigenvalue weighted by Crippen LogP contribution is 2.27. The first kappa shape index (κ1) is 9.72. The van der Waals surface area contributed by atoms with Crippen molar-refractivity contribution in [2.24, 2.45) is 0 Å². The van der Waals surface area contributed by atoms with Gasteiger partial charge in [0.1, 0.15) is 5.82 Å². The lowest BCUT2D eigenvalue weighted by molar-refractivity contribution is 0.631. The molecule has 0 saturated carbocycles. The van der Waals surface area contributed by atoms with E-state index >= 15 is 0 Å². The maximum atomic E-state index is 13.3. The number of rotatable bonds is 2. The zero-order chi connectivity index (χ0) is 10.7. The highest BCUT2D eigenvalue weighted by Gasteiger charge is 2.14. The second-order valence-electron chi connectivity index (χ2n) is 3.53. The number of nitrogens with zero attached hydrogens (tertiary/aromatic N) is 1. The number of halogens is 1. The fourth-order valence-corrected chi connectivity index (χ4v) is 1.73. The topological polar surface area (TPSA) is 35.8 Å². The number of allylic oxidation sites excluding steroid dienone is 2. The van der Waals surface area contributed by atoms with Gasteiger partial charge < -0.3 is 5.32 Å². The van der Waals surface area contributed by atoms with Crippen molar-refractivity contribution in [3.05, 3.63) is 41.4 Å². The Balaban J connectivity index is 2.23. The predicted octanol–water partition coefficient (Wildman–Crippen LogP) is 3.20. The zero-order valence-corrected chi connectivity index (χ0v) is 8.26. The van der Waals surface area contributed by atoms with Crippen LogP contribution in [0.15, 0.2) is 35.5 Å². The lowest BCUT2D eigenvalue weighted by atomic mass is 10.2. The Kier molecular flexibility index (Phi) is 2.68. The van der Waals surface area contributed by atoms with E-state index in [1.165, 1.54) is 6.07 Å². The molecule has 2 rings (SSSR count). The van der Waals surface area contributed by atoms with Crippen molar-refractivity contribution in [2.75, 3.05) is 5.32 Å². The second kappa shape index (κ2) is 4.14. The van der Waals surface area contributed by atoms with Gasteiger partial charge in [0.2, 0.25) is 0 Å². The van der Waals surface area contributed by atoms with E-state index < -0.39 is 0 Å². The summed E-state index contributed by atoms with van der Waals surface area (Å²) in [4.78, 5) is 0. The van der Waals surface area contributed by atoms with Crippen LogP contribution in [0.25, 0.3) is 0 Å². The third kappa shape index (κ3) is 1.99. The van der Waals surface area contributed by atoms with Gasteiger partial charge in [-0.05, 0) is 31.4 Å². The molecule has 0 aromatic heterocycles. The van der Waals surface area contributed by atoms with Crippen molar-refractivity contribution in [1.82, 2.24) is 0 Å². The third-order valence-electron chi connectivity index (χ3n) is 2.51. The minimum Gasteiger partial charge on any atom is -0.356 e. The Morgan fingerprint density at radius 3 is 2.80 bits per heavy atom. The van der Waals surface area contributed by atoms with Gasteiger partial charge in [0.15, 0.2) is 0 Å².